The molecule has 14 heavy (non-hydrogen) atoms. The summed E-state index contributed by atoms with van der Waals surface area (Å²) >= 11 is 0. The first-order valence-electron chi connectivity index (χ1n) is 4.74. The maximum absolute atomic E-state index is 13.2. The van der Waals surface area contributed by atoms with Crippen molar-refractivity contribution in [1.82, 2.24) is 0 Å². The van der Waals surface area contributed by atoms with Gasteiger partial charge in [0.25, 0.3) is 0 Å². The van der Waals surface area contributed by atoms with E-state index in [1.54, 1.807) is 6.07 Å². The van der Waals surface area contributed by atoms with Crippen molar-refractivity contribution >= 4 is 5.69 Å². The Morgan fingerprint density at radius 1 is 1.50 bits per heavy atom. The predicted octanol–water partition coefficient (Wildman–Crippen LogP) is 3.51. The van der Waals surface area contributed by atoms with Gasteiger partial charge < -0.3 is 5.32 Å². The Hall–Kier alpha value is -1.31. The number of anilines is 1. The first kappa shape index (κ1) is 10.8. The average molecular weight is 193 g/mol. The lowest BCUT2D eigenvalue weighted by molar-refractivity contribution is 0.629. The second kappa shape index (κ2) is 4.80. The zero-order valence-corrected chi connectivity index (χ0v) is 8.73. The van der Waals surface area contributed by atoms with Crippen molar-refractivity contribution in [3.8, 4) is 0 Å². The molecule has 0 aromatic heterocycles. The Kier molecular flexibility index (Phi) is 3.69. The van der Waals surface area contributed by atoms with E-state index in [0.29, 0.717) is 5.69 Å². The minimum absolute atomic E-state index is 0.197. The van der Waals surface area contributed by atoms with Gasteiger partial charge in [-0.15, -0.1) is 6.58 Å². The molecule has 0 spiro atoms. The summed E-state index contributed by atoms with van der Waals surface area (Å²) in [5, 5.41) is 3.05. The smallest absolute Gasteiger partial charge is 0.146 e. The van der Waals surface area contributed by atoms with Crippen LogP contribution in [0.15, 0.2) is 30.4 Å². The number of rotatable bonds is 4. The molecule has 0 amide bonds. The van der Waals surface area contributed by atoms with E-state index in [4.69, 9.17) is 0 Å². The molecule has 1 aromatic carbocycles. The topological polar surface area (TPSA) is 12.0 Å². The fourth-order valence-electron chi connectivity index (χ4n) is 1.19. The quantitative estimate of drug-likeness (QED) is 0.721. The van der Waals surface area contributed by atoms with Crippen LogP contribution in [0, 0.1) is 12.7 Å². The molecule has 0 atom stereocenters. The Morgan fingerprint density at radius 2 is 2.21 bits per heavy atom. The maximum Gasteiger partial charge on any atom is 0.146 e. The third-order valence-electron chi connectivity index (χ3n) is 1.99. The van der Waals surface area contributed by atoms with Crippen LogP contribution >= 0.6 is 0 Å². The Labute approximate surface area is 84.6 Å². The number of benzene rings is 1. The molecule has 1 rings (SSSR count). The van der Waals surface area contributed by atoms with Gasteiger partial charge >= 0.3 is 0 Å². The third kappa shape index (κ3) is 3.21. The maximum atomic E-state index is 13.2. The van der Waals surface area contributed by atoms with E-state index in [1.807, 2.05) is 19.9 Å². The van der Waals surface area contributed by atoms with E-state index in [1.165, 1.54) is 6.07 Å². The zero-order valence-electron chi connectivity index (χ0n) is 8.73. The molecule has 1 aromatic rings. The molecule has 0 saturated heterocycles. The van der Waals surface area contributed by atoms with Crippen molar-refractivity contribution in [2.45, 2.75) is 20.3 Å². The molecule has 0 radical (unpaired) electrons. The van der Waals surface area contributed by atoms with Crippen LogP contribution in [0.4, 0.5) is 10.1 Å². The van der Waals surface area contributed by atoms with Crippen LogP contribution in [0.5, 0.6) is 0 Å². The Bertz CT molecular complexity index is 331. The molecule has 0 bridgehead atoms. The van der Waals surface area contributed by atoms with Crippen molar-refractivity contribution in [2.75, 3.05) is 11.9 Å². The summed E-state index contributed by atoms with van der Waals surface area (Å²) in [7, 11) is 0. The van der Waals surface area contributed by atoms with Crippen LogP contribution < -0.4 is 5.32 Å². The van der Waals surface area contributed by atoms with Crippen molar-refractivity contribution in [3.63, 3.8) is 0 Å². The van der Waals surface area contributed by atoms with Gasteiger partial charge in [0, 0.05) is 6.54 Å². The molecule has 0 saturated carbocycles. The van der Waals surface area contributed by atoms with Gasteiger partial charge in [-0.05, 0) is 38.0 Å². The number of halogens is 1. The van der Waals surface area contributed by atoms with E-state index in [0.717, 1.165) is 24.1 Å². The fraction of sp³-hybridized carbons (Fsp3) is 0.333. The Morgan fingerprint density at radius 3 is 2.86 bits per heavy atom. The van der Waals surface area contributed by atoms with Gasteiger partial charge in [-0.1, -0.05) is 11.6 Å². The Balaban J connectivity index is 2.57. The van der Waals surface area contributed by atoms with Gasteiger partial charge in [0.1, 0.15) is 5.82 Å². The number of aryl methyl sites for hydroxylation is 1. The molecule has 1 nitrogen and oxygen atoms in total. The monoisotopic (exact) mass is 193 g/mol. The van der Waals surface area contributed by atoms with Crippen LogP contribution in [0.2, 0.25) is 0 Å². The molecule has 2 heteroatoms. The highest BCUT2D eigenvalue weighted by Crippen LogP contribution is 2.15. The molecule has 1 N–H and O–H groups in total. The van der Waals surface area contributed by atoms with E-state index >= 15 is 0 Å². The number of hydrogen-bond acceptors (Lipinski definition) is 1. The molecule has 0 aliphatic rings. The highest BCUT2D eigenvalue weighted by Gasteiger charge is 2.00. The van der Waals surface area contributed by atoms with Crippen LogP contribution in [-0.4, -0.2) is 6.54 Å². The summed E-state index contributed by atoms with van der Waals surface area (Å²) in [6, 6.07) is 5.06. The highest BCUT2D eigenvalue weighted by atomic mass is 19.1. The highest BCUT2D eigenvalue weighted by molar-refractivity contribution is 5.47. The number of nitrogens with one attached hydrogen (secondary N) is 1. The van der Waals surface area contributed by atoms with E-state index < -0.39 is 0 Å². The lowest BCUT2D eigenvalue weighted by atomic mass is 10.2. The molecular formula is C12H16FN. The summed E-state index contributed by atoms with van der Waals surface area (Å²) in [5.74, 6) is -0.197. The van der Waals surface area contributed by atoms with Crippen LogP contribution in [-0.2, 0) is 0 Å². The average Bonchev–Trinajstić information content (AvgIpc) is 2.10. The van der Waals surface area contributed by atoms with Gasteiger partial charge in [0.15, 0.2) is 0 Å². The number of hydrogen-bond donors (Lipinski definition) is 1. The molecule has 76 valence electrons. The molecule has 0 aliphatic carbocycles. The molecular weight excluding hydrogens is 177 g/mol. The van der Waals surface area contributed by atoms with Crippen molar-refractivity contribution < 1.29 is 4.39 Å². The van der Waals surface area contributed by atoms with Gasteiger partial charge in [-0.3, -0.25) is 0 Å². The summed E-state index contributed by atoms with van der Waals surface area (Å²) in [4.78, 5) is 0. The van der Waals surface area contributed by atoms with Crippen LogP contribution in [0.1, 0.15) is 18.9 Å². The SMILES string of the molecule is C=C(C)CCNc1cc(C)ccc1F. The first-order chi connectivity index (χ1) is 6.59. The van der Waals surface area contributed by atoms with Crippen LogP contribution in [0.3, 0.4) is 0 Å². The van der Waals surface area contributed by atoms with Gasteiger partial charge in [0.05, 0.1) is 5.69 Å². The molecule has 0 aliphatic heterocycles. The molecule has 0 heterocycles. The van der Waals surface area contributed by atoms with E-state index in [9.17, 15) is 4.39 Å². The van der Waals surface area contributed by atoms with Crippen molar-refractivity contribution in [2.24, 2.45) is 0 Å². The van der Waals surface area contributed by atoms with E-state index in [-0.39, 0.29) is 5.82 Å². The largest absolute Gasteiger partial charge is 0.382 e. The third-order valence-corrected chi connectivity index (χ3v) is 1.99. The second-order valence-electron chi connectivity index (χ2n) is 3.62. The lowest BCUT2D eigenvalue weighted by Crippen LogP contribution is -2.03. The minimum Gasteiger partial charge on any atom is -0.382 e. The summed E-state index contributed by atoms with van der Waals surface area (Å²) in [6.07, 6.45) is 0.868. The van der Waals surface area contributed by atoms with Crippen molar-refractivity contribution in [3.05, 3.63) is 41.7 Å². The van der Waals surface area contributed by atoms with E-state index in [2.05, 4.69) is 11.9 Å². The first-order valence-corrected chi connectivity index (χ1v) is 4.74. The molecule has 0 unspecified atom stereocenters. The van der Waals surface area contributed by atoms with Gasteiger partial charge in [-0.25, -0.2) is 4.39 Å². The molecule has 0 fully saturated rings. The summed E-state index contributed by atoms with van der Waals surface area (Å²) in [5.41, 5.74) is 2.74. The zero-order chi connectivity index (χ0) is 10.6. The predicted molar refractivity (Wildman–Crippen MR) is 59.1 cm³/mol. The normalized spacial score (nSPS) is 9.93. The van der Waals surface area contributed by atoms with Gasteiger partial charge in [0.2, 0.25) is 0 Å². The lowest BCUT2D eigenvalue weighted by Gasteiger charge is -2.07. The van der Waals surface area contributed by atoms with Crippen LogP contribution in [0.25, 0.3) is 0 Å². The van der Waals surface area contributed by atoms with Crippen molar-refractivity contribution in [1.29, 1.82) is 0 Å². The fourth-order valence-corrected chi connectivity index (χ4v) is 1.19. The summed E-state index contributed by atoms with van der Waals surface area (Å²) < 4.78 is 13.2. The standard InChI is InChI=1S/C12H16FN/c1-9(2)6-7-14-12-8-10(3)4-5-11(12)13/h4-5,8,14H,1,6-7H2,2-3H3. The second-order valence-corrected chi connectivity index (χ2v) is 3.62. The minimum atomic E-state index is -0.197. The van der Waals surface area contributed by atoms with Gasteiger partial charge in [-0.2, -0.15) is 0 Å². The summed E-state index contributed by atoms with van der Waals surface area (Å²) in [6.45, 7) is 8.44.